The van der Waals surface area contributed by atoms with Crippen molar-refractivity contribution in [3.8, 4) is 11.5 Å². The summed E-state index contributed by atoms with van der Waals surface area (Å²) in [7, 11) is -2.46. The van der Waals surface area contributed by atoms with Gasteiger partial charge in [0.05, 0.1) is 17.4 Å². The zero-order valence-electron chi connectivity index (χ0n) is 23.0. The summed E-state index contributed by atoms with van der Waals surface area (Å²) in [4.78, 5) is 37.8. The highest BCUT2D eigenvalue weighted by molar-refractivity contribution is 7.89. The van der Waals surface area contributed by atoms with E-state index in [2.05, 4.69) is 0 Å². The highest BCUT2D eigenvalue weighted by Crippen LogP contribution is 2.40. The predicted molar refractivity (Wildman–Crippen MR) is 153 cm³/mol. The number of esters is 1. The number of benzene rings is 3. The van der Waals surface area contributed by atoms with Crippen LogP contribution < -0.4 is 20.3 Å². The molecular formula is C30H29N3O8S. The van der Waals surface area contributed by atoms with Crippen molar-refractivity contribution in [2.45, 2.75) is 30.6 Å². The molecule has 0 radical (unpaired) electrons. The lowest BCUT2D eigenvalue weighted by Gasteiger charge is -2.18. The van der Waals surface area contributed by atoms with E-state index in [9.17, 15) is 22.8 Å². The van der Waals surface area contributed by atoms with Gasteiger partial charge < -0.3 is 24.5 Å². The molecule has 4 N–H and O–H groups in total. The number of amides is 1. The normalized spacial score (nSPS) is 13.2. The van der Waals surface area contributed by atoms with Gasteiger partial charge in [-0.1, -0.05) is 24.3 Å². The lowest BCUT2D eigenvalue weighted by Crippen LogP contribution is -2.19. The minimum absolute atomic E-state index is 0.0482. The van der Waals surface area contributed by atoms with Crippen LogP contribution in [0.15, 0.2) is 65.7 Å². The maximum Gasteiger partial charge on any atom is 0.306 e. The topological polar surface area (TPSA) is 170 Å². The average Bonchev–Trinajstić information content (AvgIpc) is 3.55. The smallest absolute Gasteiger partial charge is 0.306 e. The summed E-state index contributed by atoms with van der Waals surface area (Å²) in [5.74, 6) is -1.35. The van der Waals surface area contributed by atoms with Crippen molar-refractivity contribution in [3.63, 3.8) is 0 Å². The van der Waals surface area contributed by atoms with Crippen LogP contribution in [0.4, 0.5) is 0 Å². The number of fused-ring (bicyclic) bond motifs is 2. The van der Waals surface area contributed by atoms with Crippen LogP contribution in [0, 0.1) is 0 Å². The fourth-order valence-electron chi connectivity index (χ4n) is 5.18. The van der Waals surface area contributed by atoms with Crippen LogP contribution in [0.2, 0.25) is 0 Å². The Hall–Kier alpha value is -4.68. The first-order chi connectivity index (χ1) is 20.0. The van der Waals surface area contributed by atoms with E-state index in [1.54, 1.807) is 61.1 Å². The summed E-state index contributed by atoms with van der Waals surface area (Å²) in [5, 5.41) is 6.25. The first-order valence-corrected chi connectivity index (χ1v) is 14.7. The number of carbonyl (C=O) groups excluding carboxylic acids is 3. The molecule has 12 heteroatoms. The Morgan fingerprint density at radius 1 is 1.00 bits per heavy atom. The van der Waals surface area contributed by atoms with Crippen molar-refractivity contribution in [3.05, 3.63) is 88.6 Å². The summed E-state index contributed by atoms with van der Waals surface area (Å²) in [6.07, 6.45) is 1.81. The molecule has 1 unspecified atom stereocenters. The molecule has 1 aliphatic heterocycles. The lowest BCUT2D eigenvalue weighted by atomic mass is 9.84. The Labute approximate surface area is 242 Å². The first kappa shape index (κ1) is 28.8. The van der Waals surface area contributed by atoms with Crippen molar-refractivity contribution >= 4 is 38.6 Å². The molecule has 0 saturated heterocycles. The molecule has 218 valence electrons. The molecule has 5 rings (SSSR count). The summed E-state index contributed by atoms with van der Waals surface area (Å²) < 4.78 is 42.9. The van der Waals surface area contributed by atoms with Gasteiger partial charge in [0.15, 0.2) is 17.3 Å². The number of primary sulfonamides is 1. The molecule has 3 aromatic carbocycles. The molecular weight excluding hydrogens is 562 g/mol. The number of aryl methyl sites for hydroxylation is 2. The fraction of sp³-hybridized carbons (Fsp3) is 0.233. The van der Waals surface area contributed by atoms with Crippen molar-refractivity contribution in [1.82, 2.24) is 4.57 Å². The number of nitrogens with two attached hydrogens (primary N) is 2. The molecule has 0 bridgehead atoms. The zero-order chi connectivity index (χ0) is 30.2. The second-order valence-electron chi connectivity index (χ2n) is 9.87. The third-order valence-electron chi connectivity index (χ3n) is 7.17. The molecule has 11 nitrogen and oxygen atoms in total. The van der Waals surface area contributed by atoms with Crippen LogP contribution in [0.5, 0.6) is 11.5 Å². The van der Waals surface area contributed by atoms with Gasteiger partial charge in [-0.25, -0.2) is 13.6 Å². The Morgan fingerprint density at radius 2 is 1.74 bits per heavy atom. The second-order valence-corrected chi connectivity index (χ2v) is 11.4. The number of sulfonamides is 1. The number of ether oxygens (including phenoxy) is 3. The van der Waals surface area contributed by atoms with E-state index in [0.29, 0.717) is 44.7 Å². The van der Waals surface area contributed by atoms with Gasteiger partial charge in [-0.2, -0.15) is 0 Å². The van der Waals surface area contributed by atoms with Crippen molar-refractivity contribution in [2.24, 2.45) is 17.9 Å². The predicted octanol–water partition coefficient (Wildman–Crippen LogP) is 3.16. The van der Waals surface area contributed by atoms with Crippen LogP contribution in [0.1, 0.15) is 56.7 Å². The molecule has 0 spiro atoms. The second kappa shape index (κ2) is 11.3. The maximum absolute atomic E-state index is 14.4. The SMILES string of the molecule is CCOC(=O)CCc1ccc(C(=O)C(c2ccc3c(c2)OCO3)c2cn(C)c3cc(C(N)=O)ccc23)cc1S(N)(=O)=O. The third kappa shape index (κ3) is 5.58. The zero-order valence-corrected chi connectivity index (χ0v) is 23.8. The standard InChI is InChI=1S/C30H29N3O8S/c1-3-39-27(34)11-8-17-4-5-19(14-26(17)42(32,37)38)29(35)28(18-7-10-24-25(13-18)41-16-40-24)22-15-33(2)23-12-20(30(31)36)6-9-21(22)23/h4-7,9-10,12-15,28H,3,8,11,16H2,1-2H3,(H2,31,36)(H2,32,37,38). The number of primary amides is 1. The first-order valence-electron chi connectivity index (χ1n) is 13.1. The summed E-state index contributed by atoms with van der Waals surface area (Å²) in [5.41, 5.74) is 8.09. The fourth-order valence-corrected chi connectivity index (χ4v) is 6.01. The van der Waals surface area contributed by atoms with Crippen LogP contribution in [-0.4, -0.2) is 44.0 Å². The molecule has 1 atom stereocenters. The van der Waals surface area contributed by atoms with Crippen LogP contribution >= 0.6 is 0 Å². The summed E-state index contributed by atoms with van der Waals surface area (Å²) >= 11 is 0. The maximum atomic E-state index is 14.4. The Bertz CT molecular complexity index is 1840. The van der Waals surface area contributed by atoms with Crippen molar-refractivity contribution in [1.29, 1.82) is 0 Å². The van der Waals surface area contributed by atoms with E-state index < -0.39 is 33.6 Å². The van der Waals surface area contributed by atoms with E-state index in [-0.39, 0.29) is 36.7 Å². The van der Waals surface area contributed by atoms with Gasteiger partial charge in [-0.05, 0) is 60.4 Å². The van der Waals surface area contributed by atoms with E-state index in [1.807, 2.05) is 0 Å². The quantitative estimate of drug-likeness (QED) is 0.209. The number of hydrogen-bond donors (Lipinski definition) is 2. The van der Waals surface area contributed by atoms with Crippen molar-refractivity contribution in [2.75, 3.05) is 13.4 Å². The number of Topliss-reactive ketones (excluding diaryl/α,β-unsaturated/α-hetero) is 1. The van der Waals surface area contributed by atoms with Crippen LogP contribution in [0.25, 0.3) is 10.9 Å². The molecule has 42 heavy (non-hydrogen) atoms. The van der Waals surface area contributed by atoms with Gasteiger partial charge in [-0.3, -0.25) is 14.4 Å². The number of aromatic nitrogens is 1. The Kier molecular flexibility index (Phi) is 7.76. The van der Waals surface area contributed by atoms with E-state index in [1.165, 1.54) is 18.2 Å². The minimum Gasteiger partial charge on any atom is -0.466 e. The summed E-state index contributed by atoms with van der Waals surface area (Å²) in [6, 6.07) is 14.4. The van der Waals surface area contributed by atoms with Crippen molar-refractivity contribution < 1.29 is 37.0 Å². The minimum atomic E-state index is -4.24. The number of ketones is 1. The molecule has 4 aromatic rings. The van der Waals surface area contributed by atoms with Gasteiger partial charge in [0.2, 0.25) is 22.7 Å². The molecule has 2 heterocycles. The monoisotopic (exact) mass is 591 g/mol. The van der Waals surface area contributed by atoms with E-state index in [4.69, 9.17) is 25.1 Å². The molecule has 1 aliphatic rings. The molecule has 0 fully saturated rings. The average molecular weight is 592 g/mol. The summed E-state index contributed by atoms with van der Waals surface area (Å²) in [6.45, 7) is 1.93. The van der Waals surface area contributed by atoms with Gasteiger partial charge in [0, 0.05) is 41.7 Å². The number of hydrogen-bond acceptors (Lipinski definition) is 8. The molecule has 1 amide bonds. The van der Waals surface area contributed by atoms with Crippen LogP contribution in [-0.2, 0) is 33.0 Å². The van der Waals surface area contributed by atoms with Gasteiger partial charge in [-0.15, -0.1) is 0 Å². The molecule has 0 saturated carbocycles. The lowest BCUT2D eigenvalue weighted by molar-refractivity contribution is -0.143. The largest absolute Gasteiger partial charge is 0.466 e. The number of carbonyl (C=O) groups is 3. The van der Waals surface area contributed by atoms with Crippen LogP contribution in [0.3, 0.4) is 0 Å². The number of nitrogens with zero attached hydrogens (tertiary/aromatic N) is 1. The van der Waals surface area contributed by atoms with Gasteiger partial charge in [0.1, 0.15) is 0 Å². The molecule has 1 aromatic heterocycles. The third-order valence-corrected chi connectivity index (χ3v) is 8.16. The van der Waals surface area contributed by atoms with Gasteiger partial charge in [0.25, 0.3) is 0 Å². The Morgan fingerprint density at radius 3 is 2.45 bits per heavy atom. The van der Waals surface area contributed by atoms with E-state index in [0.717, 1.165) is 0 Å². The highest BCUT2D eigenvalue weighted by Gasteiger charge is 2.30. The molecule has 0 aliphatic carbocycles. The number of rotatable bonds is 10. The highest BCUT2D eigenvalue weighted by atomic mass is 32.2. The van der Waals surface area contributed by atoms with E-state index >= 15 is 0 Å². The Balaban J connectivity index is 1.64. The van der Waals surface area contributed by atoms with Gasteiger partial charge >= 0.3 is 5.97 Å².